The minimum absolute atomic E-state index is 0.501. The smallest absolute Gasteiger partial charge is 0.285 e. The largest absolute Gasteiger partial charge is 0.295 e. The Bertz CT molecular complexity index is 261. The van der Waals surface area contributed by atoms with Crippen LogP contribution >= 0.6 is 0 Å². The van der Waals surface area contributed by atoms with Gasteiger partial charge in [-0.3, -0.25) is 4.79 Å². The van der Waals surface area contributed by atoms with Gasteiger partial charge >= 0.3 is 0 Å². The van der Waals surface area contributed by atoms with E-state index in [2.05, 4.69) is 0 Å². The Morgan fingerprint density at radius 2 is 2.00 bits per heavy atom. The van der Waals surface area contributed by atoms with Gasteiger partial charge in [0.25, 0.3) is 5.92 Å². The topological polar surface area (TPSA) is 17.1 Å². The van der Waals surface area contributed by atoms with Crippen LogP contribution in [0.4, 0.5) is 17.6 Å². The maximum atomic E-state index is 13.1. The molecule has 5 heteroatoms. The summed E-state index contributed by atoms with van der Waals surface area (Å²) in [6, 6.07) is 0. The highest BCUT2D eigenvalue weighted by Crippen LogP contribution is 2.51. The zero-order valence-corrected chi connectivity index (χ0v) is 6.86. The third kappa shape index (κ3) is 1.73. The van der Waals surface area contributed by atoms with Crippen LogP contribution in [-0.4, -0.2) is 23.5 Å². The van der Waals surface area contributed by atoms with Gasteiger partial charge in [-0.1, -0.05) is 0 Å². The molecule has 1 fully saturated rings. The zero-order chi connectivity index (χ0) is 10.3. The number of rotatable bonds is 2. The molecule has 2 unspecified atom stereocenters. The number of alkyl halides is 4. The van der Waals surface area contributed by atoms with Crippen LogP contribution < -0.4 is 0 Å². The highest BCUT2D eigenvalue weighted by molar-refractivity contribution is 5.87. The van der Waals surface area contributed by atoms with Crippen molar-refractivity contribution in [2.24, 2.45) is 0 Å². The second-order valence-electron chi connectivity index (χ2n) is 3.17. The Morgan fingerprint density at radius 3 is 2.31 bits per heavy atom. The summed E-state index contributed by atoms with van der Waals surface area (Å²) < 4.78 is 50.0. The molecule has 74 valence electrons. The van der Waals surface area contributed by atoms with Crippen LogP contribution in [0.2, 0.25) is 0 Å². The van der Waals surface area contributed by atoms with Crippen LogP contribution in [-0.2, 0) is 4.79 Å². The molecule has 1 aliphatic carbocycles. The van der Waals surface area contributed by atoms with Crippen molar-refractivity contribution in [3.8, 4) is 0 Å². The third-order valence-corrected chi connectivity index (χ3v) is 1.89. The van der Waals surface area contributed by atoms with Gasteiger partial charge in [-0.15, -0.1) is 0 Å². The molecule has 0 aromatic rings. The fraction of sp³-hybridized carbons (Fsp3) is 0.625. The predicted molar refractivity (Wildman–Crippen MR) is 38.1 cm³/mol. The monoisotopic (exact) mass is 196 g/mol. The maximum absolute atomic E-state index is 13.1. The van der Waals surface area contributed by atoms with E-state index in [0.717, 1.165) is 13.0 Å². The van der Waals surface area contributed by atoms with Gasteiger partial charge in [0, 0.05) is 0 Å². The number of carbonyl (C=O) groups excluding carboxylic acids is 1. The van der Waals surface area contributed by atoms with E-state index >= 15 is 0 Å². The minimum atomic E-state index is -3.60. The van der Waals surface area contributed by atoms with Gasteiger partial charge in [0.2, 0.25) is 6.17 Å². The van der Waals surface area contributed by atoms with Gasteiger partial charge in [-0.25, -0.2) is 17.6 Å². The summed E-state index contributed by atoms with van der Waals surface area (Å²) >= 11 is 0. The molecule has 1 saturated carbocycles. The molecule has 13 heavy (non-hydrogen) atoms. The van der Waals surface area contributed by atoms with Crippen LogP contribution in [0.25, 0.3) is 0 Å². The quantitative estimate of drug-likeness (QED) is 0.488. The molecule has 1 nitrogen and oxygen atoms in total. The molecular formula is C8H8F4O. The maximum Gasteiger partial charge on any atom is 0.285 e. The number of carbonyl (C=O) groups is 1. The van der Waals surface area contributed by atoms with Crippen molar-refractivity contribution in [1.29, 1.82) is 0 Å². The van der Waals surface area contributed by atoms with Gasteiger partial charge in [0.05, 0.1) is 6.42 Å². The van der Waals surface area contributed by atoms with Gasteiger partial charge in [-0.2, -0.15) is 0 Å². The predicted octanol–water partition coefficient (Wildman–Crippen LogP) is 2.22. The number of hydrogen-bond acceptors (Lipinski definition) is 1. The van der Waals surface area contributed by atoms with Gasteiger partial charge < -0.3 is 0 Å². The van der Waals surface area contributed by atoms with E-state index in [1.54, 1.807) is 0 Å². The Hall–Kier alpha value is -0.870. The zero-order valence-electron chi connectivity index (χ0n) is 6.86. The molecule has 0 bridgehead atoms. The molecule has 0 aromatic carbocycles. The van der Waals surface area contributed by atoms with E-state index in [0.29, 0.717) is 6.08 Å². The molecule has 0 N–H and O–H groups in total. The molecule has 0 aliphatic heterocycles. The van der Waals surface area contributed by atoms with Gasteiger partial charge in [-0.05, 0) is 19.1 Å². The molecule has 2 atom stereocenters. The third-order valence-electron chi connectivity index (χ3n) is 1.89. The SMILES string of the molecule is CC(=O)C=CC1(F)CC(F)(F)C1F. The summed E-state index contributed by atoms with van der Waals surface area (Å²) in [6.45, 7) is 1.13. The summed E-state index contributed by atoms with van der Waals surface area (Å²) in [6.07, 6.45) is -2.69. The summed E-state index contributed by atoms with van der Waals surface area (Å²) in [5.41, 5.74) is -2.67. The fourth-order valence-corrected chi connectivity index (χ4v) is 1.16. The second-order valence-corrected chi connectivity index (χ2v) is 3.17. The molecule has 0 spiro atoms. The van der Waals surface area contributed by atoms with Crippen molar-refractivity contribution in [2.45, 2.75) is 31.1 Å². The molecule has 0 aromatic heterocycles. The molecule has 0 radical (unpaired) electrons. The number of halogens is 4. The summed E-state index contributed by atoms with van der Waals surface area (Å²) in [5.74, 6) is -4.10. The fourth-order valence-electron chi connectivity index (χ4n) is 1.16. The Balaban J connectivity index is 2.68. The molecule has 0 saturated heterocycles. The van der Waals surface area contributed by atoms with Crippen LogP contribution in [0.5, 0.6) is 0 Å². The highest BCUT2D eigenvalue weighted by atomic mass is 19.3. The standard InChI is InChI=1S/C8H8F4O/c1-5(13)2-3-7(10)4-8(11,12)6(7)9/h2-3,6H,4H2,1H3. The highest BCUT2D eigenvalue weighted by Gasteiger charge is 2.67. The first-order valence-corrected chi connectivity index (χ1v) is 3.68. The van der Waals surface area contributed by atoms with Crippen molar-refractivity contribution in [3.63, 3.8) is 0 Å². The average molecular weight is 196 g/mol. The average Bonchev–Trinajstić information content (AvgIpc) is 1.99. The van der Waals surface area contributed by atoms with E-state index in [-0.39, 0.29) is 0 Å². The van der Waals surface area contributed by atoms with Crippen LogP contribution in [0.15, 0.2) is 12.2 Å². The normalized spacial score (nSPS) is 37.5. The van der Waals surface area contributed by atoms with E-state index in [4.69, 9.17) is 0 Å². The van der Waals surface area contributed by atoms with Crippen molar-refractivity contribution in [3.05, 3.63) is 12.2 Å². The Kier molecular flexibility index (Phi) is 2.21. The van der Waals surface area contributed by atoms with E-state index in [9.17, 15) is 22.4 Å². The number of ketones is 1. The number of allylic oxidation sites excluding steroid dienone is 2. The van der Waals surface area contributed by atoms with Crippen LogP contribution in [0.1, 0.15) is 13.3 Å². The molecule has 0 heterocycles. The Morgan fingerprint density at radius 1 is 1.46 bits per heavy atom. The molecule has 1 rings (SSSR count). The summed E-state index contributed by atoms with van der Waals surface area (Å²) in [7, 11) is 0. The van der Waals surface area contributed by atoms with E-state index in [1.807, 2.05) is 0 Å². The molecular weight excluding hydrogens is 188 g/mol. The Labute approximate surface area is 72.4 Å². The van der Waals surface area contributed by atoms with Crippen molar-refractivity contribution in [2.75, 3.05) is 0 Å². The lowest BCUT2D eigenvalue weighted by Crippen LogP contribution is -2.60. The van der Waals surface area contributed by atoms with Crippen LogP contribution in [0, 0.1) is 0 Å². The molecule has 0 amide bonds. The van der Waals surface area contributed by atoms with Gasteiger partial charge in [0.1, 0.15) is 0 Å². The first kappa shape index (κ1) is 10.2. The van der Waals surface area contributed by atoms with Crippen molar-refractivity contribution < 1.29 is 22.4 Å². The lowest BCUT2D eigenvalue weighted by atomic mass is 9.76. The van der Waals surface area contributed by atoms with Gasteiger partial charge in [0.15, 0.2) is 11.5 Å². The lowest BCUT2D eigenvalue weighted by Gasteiger charge is -2.42. The van der Waals surface area contributed by atoms with E-state index < -0.39 is 30.0 Å². The number of hydrogen-bond donors (Lipinski definition) is 0. The lowest BCUT2D eigenvalue weighted by molar-refractivity contribution is -0.217. The molecule has 1 aliphatic rings. The van der Waals surface area contributed by atoms with E-state index in [1.165, 1.54) is 0 Å². The second kappa shape index (κ2) is 2.82. The first-order valence-electron chi connectivity index (χ1n) is 3.68. The van der Waals surface area contributed by atoms with Crippen LogP contribution in [0.3, 0.4) is 0 Å². The summed E-state index contributed by atoms with van der Waals surface area (Å²) in [4.78, 5) is 10.3. The van der Waals surface area contributed by atoms with Crippen molar-refractivity contribution in [1.82, 2.24) is 0 Å². The summed E-state index contributed by atoms with van der Waals surface area (Å²) in [5, 5.41) is 0. The first-order chi connectivity index (χ1) is 5.78. The minimum Gasteiger partial charge on any atom is -0.295 e. The van der Waals surface area contributed by atoms with Crippen molar-refractivity contribution >= 4 is 5.78 Å².